The number of ether oxygens (including phenoxy) is 1. The van der Waals surface area contributed by atoms with Crippen LogP contribution in [0.2, 0.25) is 0 Å². The van der Waals surface area contributed by atoms with Crippen molar-refractivity contribution in [3.63, 3.8) is 0 Å². The van der Waals surface area contributed by atoms with Gasteiger partial charge < -0.3 is 10.1 Å². The number of halogens is 1. The molecule has 1 atom stereocenters. The molecule has 1 N–H and O–H groups in total. The van der Waals surface area contributed by atoms with Crippen molar-refractivity contribution in [2.45, 2.75) is 17.9 Å². The highest BCUT2D eigenvalue weighted by Crippen LogP contribution is 2.19. The summed E-state index contributed by atoms with van der Waals surface area (Å²) in [5, 5.41) is 2.85. The van der Waals surface area contributed by atoms with Crippen LogP contribution in [0, 0.1) is 0 Å². The van der Waals surface area contributed by atoms with Crippen LogP contribution in [0.1, 0.15) is 18.5 Å². The van der Waals surface area contributed by atoms with Gasteiger partial charge in [0.15, 0.2) is 6.61 Å². The lowest BCUT2D eigenvalue weighted by atomic mass is 10.1. The van der Waals surface area contributed by atoms with Gasteiger partial charge in [-0.25, -0.2) is 12.7 Å². The van der Waals surface area contributed by atoms with E-state index in [4.69, 9.17) is 4.74 Å². The standard InChI is InChI=1S/C18H21BrN2O4S/c1-13(14-4-6-15(19)7-5-14)20-18(22)12-25-16-8-10-17(11-9-16)26(23,24)21(2)3/h4-11,13H,12H2,1-3H3,(H,20,22)/t13-/m1/s1. The number of amides is 1. The van der Waals surface area contributed by atoms with Crippen LogP contribution in [-0.4, -0.2) is 39.3 Å². The fraction of sp³-hybridized carbons (Fsp3) is 0.278. The minimum atomic E-state index is -3.48. The summed E-state index contributed by atoms with van der Waals surface area (Å²) >= 11 is 3.37. The van der Waals surface area contributed by atoms with Crippen LogP contribution in [0.4, 0.5) is 0 Å². The van der Waals surface area contributed by atoms with Gasteiger partial charge in [-0.15, -0.1) is 0 Å². The number of nitrogens with one attached hydrogen (secondary N) is 1. The number of hydrogen-bond donors (Lipinski definition) is 1. The number of carbonyl (C=O) groups is 1. The zero-order chi connectivity index (χ0) is 19.3. The third kappa shape index (κ3) is 5.30. The average Bonchev–Trinajstić information content (AvgIpc) is 2.60. The Balaban J connectivity index is 1.90. The van der Waals surface area contributed by atoms with Crippen LogP contribution in [0.5, 0.6) is 5.75 Å². The molecule has 2 rings (SSSR count). The van der Waals surface area contributed by atoms with Gasteiger partial charge in [0.1, 0.15) is 5.75 Å². The molecule has 2 aromatic rings. The molecule has 8 heteroatoms. The molecule has 0 heterocycles. The highest BCUT2D eigenvalue weighted by Gasteiger charge is 2.17. The van der Waals surface area contributed by atoms with Crippen LogP contribution in [0.15, 0.2) is 57.9 Å². The van der Waals surface area contributed by atoms with Crippen molar-refractivity contribution in [2.75, 3.05) is 20.7 Å². The number of sulfonamides is 1. The minimum absolute atomic E-state index is 0.146. The number of rotatable bonds is 7. The largest absolute Gasteiger partial charge is 0.484 e. The van der Waals surface area contributed by atoms with Crippen molar-refractivity contribution in [3.8, 4) is 5.75 Å². The smallest absolute Gasteiger partial charge is 0.258 e. The second-order valence-corrected chi connectivity index (χ2v) is 8.96. The molecule has 2 aromatic carbocycles. The van der Waals surface area contributed by atoms with E-state index < -0.39 is 10.0 Å². The fourth-order valence-corrected chi connectivity index (χ4v) is 3.35. The number of benzene rings is 2. The van der Waals surface area contributed by atoms with E-state index in [1.807, 2.05) is 31.2 Å². The molecule has 0 saturated heterocycles. The summed E-state index contributed by atoms with van der Waals surface area (Å²) in [6, 6.07) is 13.5. The maximum absolute atomic E-state index is 12.0. The summed E-state index contributed by atoms with van der Waals surface area (Å²) in [6.45, 7) is 1.74. The first-order valence-corrected chi connectivity index (χ1v) is 10.1. The first kappa shape index (κ1) is 20.4. The van der Waals surface area contributed by atoms with Crippen molar-refractivity contribution >= 4 is 31.9 Å². The van der Waals surface area contributed by atoms with Gasteiger partial charge in [-0.1, -0.05) is 28.1 Å². The van der Waals surface area contributed by atoms with E-state index in [-0.39, 0.29) is 23.5 Å². The van der Waals surface area contributed by atoms with Crippen molar-refractivity contribution in [3.05, 3.63) is 58.6 Å². The number of nitrogens with zero attached hydrogens (tertiary/aromatic N) is 1. The fourth-order valence-electron chi connectivity index (χ4n) is 2.19. The lowest BCUT2D eigenvalue weighted by Gasteiger charge is -2.15. The molecule has 26 heavy (non-hydrogen) atoms. The quantitative estimate of drug-likeness (QED) is 0.717. The van der Waals surface area contributed by atoms with Crippen LogP contribution in [0.25, 0.3) is 0 Å². The molecule has 0 spiro atoms. The zero-order valence-electron chi connectivity index (χ0n) is 14.8. The van der Waals surface area contributed by atoms with Crippen LogP contribution >= 0.6 is 15.9 Å². The van der Waals surface area contributed by atoms with Crippen LogP contribution in [0.3, 0.4) is 0 Å². The highest BCUT2D eigenvalue weighted by atomic mass is 79.9. The molecule has 0 aliphatic carbocycles. The molecule has 1 amide bonds. The van der Waals surface area contributed by atoms with E-state index >= 15 is 0 Å². The first-order valence-electron chi connectivity index (χ1n) is 7.90. The summed E-state index contributed by atoms with van der Waals surface area (Å²) in [7, 11) is -0.542. The lowest BCUT2D eigenvalue weighted by Crippen LogP contribution is -2.31. The summed E-state index contributed by atoms with van der Waals surface area (Å²) in [6.07, 6.45) is 0. The third-order valence-corrected chi connectivity index (χ3v) is 6.08. The molecular weight excluding hydrogens is 420 g/mol. The summed E-state index contributed by atoms with van der Waals surface area (Å²) in [5.41, 5.74) is 0.986. The molecule has 0 unspecified atom stereocenters. The second kappa shape index (κ2) is 8.66. The monoisotopic (exact) mass is 440 g/mol. The molecule has 6 nitrogen and oxygen atoms in total. The Bertz CT molecular complexity index is 850. The van der Waals surface area contributed by atoms with Crippen LogP contribution in [-0.2, 0) is 14.8 Å². The maximum atomic E-state index is 12.0. The molecule has 0 bridgehead atoms. The molecule has 0 aliphatic rings. The normalized spacial score (nSPS) is 12.7. The Morgan fingerprint density at radius 2 is 1.69 bits per heavy atom. The Morgan fingerprint density at radius 1 is 1.12 bits per heavy atom. The van der Waals surface area contributed by atoms with Crippen LogP contribution < -0.4 is 10.1 Å². The molecule has 0 aromatic heterocycles. The molecule has 0 fully saturated rings. The first-order chi connectivity index (χ1) is 12.2. The van der Waals surface area contributed by atoms with E-state index in [0.717, 1.165) is 14.3 Å². The molecule has 0 saturated carbocycles. The molecular formula is C18H21BrN2O4S. The van der Waals surface area contributed by atoms with Crippen molar-refractivity contribution < 1.29 is 17.9 Å². The van der Waals surface area contributed by atoms with Crippen molar-refractivity contribution in [1.29, 1.82) is 0 Å². The lowest BCUT2D eigenvalue weighted by molar-refractivity contribution is -0.123. The predicted octanol–water partition coefficient (Wildman–Crippen LogP) is 2.96. The molecule has 0 radical (unpaired) electrons. The van der Waals surface area contributed by atoms with Gasteiger partial charge in [0, 0.05) is 18.6 Å². The third-order valence-electron chi connectivity index (χ3n) is 3.72. The van der Waals surface area contributed by atoms with Gasteiger partial charge in [0.2, 0.25) is 10.0 Å². The Labute approximate surface area is 162 Å². The topological polar surface area (TPSA) is 75.7 Å². The Morgan fingerprint density at radius 3 is 2.23 bits per heavy atom. The summed E-state index contributed by atoms with van der Waals surface area (Å²) in [4.78, 5) is 12.2. The van der Waals surface area contributed by atoms with Gasteiger partial charge >= 0.3 is 0 Å². The SMILES string of the molecule is C[C@@H](NC(=O)COc1ccc(S(=O)(=O)N(C)C)cc1)c1ccc(Br)cc1. The van der Waals surface area contributed by atoms with E-state index in [1.54, 1.807) is 0 Å². The molecule has 140 valence electrons. The predicted molar refractivity (Wildman–Crippen MR) is 104 cm³/mol. The van der Waals surface area contributed by atoms with E-state index in [9.17, 15) is 13.2 Å². The van der Waals surface area contributed by atoms with Gasteiger partial charge in [0.25, 0.3) is 5.91 Å². The zero-order valence-corrected chi connectivity index (χ0v) is 17.2. The number of hydrogen-bond acceptors (Lipinski definition) is 4. The van der Waals surface area contributed by atoms with E-state index in [0.29, 0.717) is 5.75 Å². The van der Waals surface area contributed by atoms with Crippen molar-refractivity contribution in [2.24, 2.45) is 0 Å². The Hall–Kier alpha value is -1.90. The minimum Gasteiger partial charge on any atom is -0.484 e. The van der Waals surface area contributed by atoms with Gasteiger partial charge in [-0.3, -0.25) is 4.79 Å². The maximum Gasteiger partial charge on any atom is 0.258 e. The van der Waals surface area contributed by atoms with Gasteiger partial charge in [-0.2, -0.15) is 0 Å². The Kier molecular flexibility index (Phi) is 6.80. The van der Waals surface area contributed by atoms with Gasteiger partial charge in [0.05, 0.1) is 10.9 Å². The van der Waals surface area contributed by atoms with E-state index in [1.165, 1.54) is 38.4 Å². The molecule has 0 aliphatic heterocycles. The summed E-state index contributed by atoms with van der Waals surface area (Å²) in [5.74, 6) is 0.166. The van der Waals surface area contributed by atoms with Gasteiger partial charge in [-0.05, 0) is 48.9 Å². The average molecular weight is 441 g/mol. The summed E-state index contributed by atoms with van der Waals surface area (Å²) < 4.78 is 31.5. The highest BCUT2D eigenvalue weighted by molar-refractivity contribution is 9.10. The second-order valence-electron chi connectivity index (χ2n) is 5.89. The van der Waals surface area contributed by atoms with E-state index in [2.05, 4.69) is 21.2 Å². The van der Waals surface area contributed by atoms with Crippen molar-refractivity contribution in [1.82, 2.24) is 9.62 Å². The number of carbonyl (C=O) groups excluding carboxylic acids is 1.